The Labute approximate surface area is 82.9 Å². The Morgan fingerprint density at radius 3 is 2.50 bits per heavy atom. The van der Waals surface area contributed by atoms with Gasteiger partial charge < -0.3 is 9.47 Å². The predicted octanol–water partition coefficient (Wildman–Crippen LogP) is 0.654. The Morgan fingerprint density at radius 2 is 2.17 bits per heavy atom. The molecule has 0 saturated heterocycles. The topological polar surface area (TPSA) is 52.6 Å². The van der Waals surface area contributed by atoms with E-state index in [1.165, 1.54) is 0 Å². The maximum absolute atomic E-state index is 11.1. The van der Waals surface area contributed by atoms with Gasteiger partial charge in [0.2, 0.25) is 0 Å². The van der Waals surface area contributed by atoms with Crippen LogP contribution in [0.3, 0.4) is 0 Å². The van der Waals surface area contributed by atoms with Crippen LogP contribution in [0.4, 0.5) is 0 Å². The number of esters is 2. The summed E-state index contributed by atoms with van der Waals surface area (Å²) in [4.78, 5) is 22.1. The minimum atomic E-state index is -2.33. The van der Waals surface area contributed by atoms with Crippen molar-refractivity contribution in [3.8, 4) is 0 Å². The maximum atomic E-state index is 11.1. The fourth-order valence-corrected chi connectivity index (χ4v) is 0.629. The summed E-state index contributed by atoms with van der Waals surface area (Å²) in [6, 6.07) is -0.883. The van der Waals surface area contributed by atoms with Gasteiger partial charge in [-0.1, -0.05) is 15.9 Å². The van der Waals surface area contributed by atoms with Crippen molar-refractivity contribution in [2.24, 2.45) is 0 Å². The molecule has 12 heavy (non-hydrogen) atoms. The SMILES string of the molecule is [2H]/C(C(=O)OC)=C(/C(=O)OC)C([2H])([2H])Br. The molecule has 5 heteroatoms. The van der Waals surface area contributed by atoms with Crippen molar-refractivity contribution in [2.75, 3.05) is 19.5 Å². The zero-order valence-electron chi connectivity index (χ0n) is 9.51. The molecule has 0 rings (SSSR count). The highest BCUT2D eigenvalue weighted by Crippen LogP contribution is 2.02. The molecule has 0 heterocycles. The van der Waals surface area contributed by atoms with Crippen LogP contribution in [0.5, 0.6) is 0 Å². The number of hydrogen-bond donors (Lipinski definition) is 0. The number of halogens is 1. The second-order valence-corrected chi connectivity index (χ2v) is 1.97. The lowest BCUT2D eigenvalue weighted by atomic mass is 10.3. The molecule has 0 aliphatic carbocycles. The van der Waals surface area contributed by atoms with Gasteiger partial charge in [0, 0.05) is 14.1 Å². The third kappa shape index (κ3) is 3.52. The van der Waals surface area contributed by atoms with Crippen LogP contribution in [-0.4, -0.2) is 31.4 Å². The van der Waals surface area contributed by atoms with Crippen LogP contribution in [0.1, 0.15) is 4.11 Å². The molecule has 0 fully saturated rings. The van der Waals surface area contributed by atoms with Gasteiger partial charge in [-0.05, 0) is 0 Å². The van der Waals surface area contributed by atoms with Crippen LogP contribution in [-0.2, 0) is 19.1 Å². The second-order valence-electron chi connectivity index (χ2n) is 1.58. The lowest BCUT2D eigenvalue weighted by Crippen LogP contribution is -2.09. The van der Waals surface area contributed by atoms with Gasteiger partial charge in [0.1, 0.15) is 0 Å². The third-order valence-corrected chi connectivity index (χ3v) is 1.29. The highest BCUT2D eigenvalue weighted by molar-refractivity contribution is 9.09. The predicted molar refractivity (Wildman–Crippen MR) is 45.9 cm³/mol. The molecule has 0 radical (unpaired) electrons. The first-order valence-electron chi connectivity index (χ1n) is 4.32. The summed E-state index contributed by atoms with van der Waals surface area (Å²) in [5.41, 5.74) is -0.739. The molecule has 0 amide bonds. The monoisotopic (exact) mass is 239 g/mol. The fraction of sp³-hybridized carbons (Fsp3) is 0.429. The molecule has 0 saturated carbocycles. The number of ether oxygens (including phenoxy) is 2. The highest BCUT2D eigenvalue weighted by atomic mass is 79.9. The van der Waals surface area contributed by atoms with Gasteiger partial charge in [0.25, 0.3) is 0 Å². The summed E-state index contributed by atoms with van der Waals surface area (Å²) < 4.78 is 30.2. The first-order valence-corrected chi connectivity index (χ1v) is 3.61. The minimum Gasteiger partial charge on any atom is -0.466 e. The van der Waals surface area contributed by atoms with Crippen molar-refractivity contribution in [1.29, 1.82) is 0 Å². The van der Waals surface area contributed by atoms with E-state index in [0.29, 0.717) is 0 Å². The molecular weight excluding hydrogens is 228 g/mol. The van der Waals surface area contributed by atoms with E-state index in [2.05, 4.69) is 25.4 Å². The van der Waals surface area contributed by atoms with E-state index in [-0.39, 0.29) is 0 Å². The van der Waals surface area contributed by atoms with E-state index in [1.807, 2.05) is 0 Å². The first-order chi connectivity index (χ1) is 6.75. The maximum Gasteiger partial charge on any atom is 0.334 e. The van der Waals surface area contributed by atoms with Crippen LogP contribution in [0.15, 0.2) is 11.6 Å². The van der Waals surface area contributed by atoms with E-state index in [9.17, 15) is 9.59 Å². The Kier molecular flexibility index (Phi) is 3.20. The summed E-state index contributed by atoms with van der Waals surface area (Å²) in [6.45, 7) is 0. The third-order valence-electron chi connectivity index (χ3n) is 0.896. The molecule has 0 aromatic heterocycles. The average molecular weight is 240 g/mol. The Hall–Kier alpha value is -0.840. The molecule has 0 bridgehead atoms. The Balaban J connectivity index is 5.46. The van der Waals surface area contributed by atoms with Gasteiger partial charge in [0.05, 0.1) is 21.2 Å². The second kappa shape index (κ2) is 5.77. The van der Waals surface area contributed by atoms with Gasteiger partial charge in [-0.2, -0.15) is 0 Å². The van der Waals surface area contributed by atoms with Crippen LogP contribution >= 0.6 is 15.9 Å². The van der Waals surface area contributed by atoms with Gasteiger partial charge in [-0.3, -0.25) is 0 Å². The van der Waals surface area contributed by atoms with Gasteiger partial charge in [0.15, 0.2) is 0 Å². The largest absolute Gasteiger partial charge is 0.466 e. The number of methoxy groups -OCH3 is 2. The van der Waals surface area contributed by atoms with E-state index >= 15 is 0 Å². The van der Waals surface area contributed by atoms with Crippen molar-refractivity contribution in [3.63, 3.8) is 0 Å². The molecule has 0 aliphatic rings. The zero-order valence-corrected chi connectivity index (χ0v) is 8.10. The lowest BCUT2D eigenvalue weighted by molar-refractivity contribution is -0.138. The van der Waals surface area contributed by atoms with Gasteiger partial charge >= 0.3 is 11.9 Å². The van der Waals surface area contributed by atoms with Crippen molar-refractivity contribution in [2.45, 2.75) is 0 Å². The molecule has 0 atom stereocenters. The van der Waals surface area contributed by atoms with Gasteiger partial charge in [-0.15, -0.1) is 0 Å². The van der Waals surface area contributed by atoms with Crippen LogP contribution < -0.4 is 0 Å². The average Bonchev–Trinajstić information content (AvgIpc) is 2.14. The molecule has 4 nitrogen and oxygen atoms in total. The number of hydrogen-bond acceptors (Lipinski definition) is 4. The van der Waals surface area contributed by atoms with E-state index < -0.39 is 28.8 Å². The highest BCUT2D eigenvalue weighted by Gasteiger charge is 2.09. The van der Waals surface area contributed by atoms with Crippen LogP contribution in [0.25, 0.3) is 0 Å². The van der Waals surface area contributed by atoms with Crippen molar-refractivity contribution in [1.82, 2.24) is 0 Å². The summed E-state index contributed by atoms with van der Waals surface area (Å²) in [5.74, 6) is -2.22. The molecule has 0 aliphatic heterocycles. The molecule has 0 N–H and O–H groups in total. The van der Waals surface area contributed by atoms with E-state index in [4.69, 9.17) is 4.11 Å². The van der Waals surface area contributed by atoms with Crippen LogP contribution in [0.2, 0.25) is 0 Å². The molecule has 0 spiro atoms. The number of carbonyl (C=O) groups excluding carboxylic acids is 2. The van der Waals surface area contributed by atoms with E-state index in [0.717, 1.165) is 14.2 Å². The molecule has 0 aromatic carbocycles. The Morgan fingerprint density at radius 1 is 1.58 bits per heavy atom. The normalized spacial score (nSPS) is 16.4. The minimum absolute atomic E-state index is 0.739. The first kappa shape index (κ1) is 6.65. The molecule has 68 valence electrons. The molecule has 0 unspecified atom stereocenters. The summed E-state index contributed by atoms with van der Waals surface area (Å²) in [5, 5.41) is -2.33. The zero-order chi connectivity index (χ0) is 12.2. The van der Waals surface area contributed by atoms with Crippen molar-refractivity contribution < 1.29 is 23.2 Å². The summed E-state index contributed by atoms with van der Waals surface area (Å²) in [6.07, 6.45) is 0. The van der Waals surface area contributed by atoms with Crippen molar-refractivity contribution in [3.05, 3.63) is 11.6 Å². The number of alkyl halides is 1. The van der Waals surface area contributed by atoms with Crippen molar-refractivity contribution >= 4 is 27.9 Å². The van der Waals surface area contributed by atoms with Crippen LogP contribution in [0, 0.1) is 0 Å². The number of carbonyl (C=O) groups is 2. The quantitative estimate of drug-likeness (QED) is 0.413. The lowest BCUT2D eigenvalue weighted by Gasteiger charge is -1.99. The smallest absolute Gasteiger partial charge is 0.334 e. The standard InChI is InChI=1S/C7H9BrO4/c1-11-6(9)3-5(4-8)7(10)12-2/h3H,4H2,1-2H3/b5-3-/i3D,4D2. The van der Waals surface area contributed by atoms with E-state index in [1.54, 1.807) is 0 Å². The Bertz CT molecular complexity index is 308. The van der Waals surface area contributed by atoms with Gasteiger partial charge in [-0.25, -0.2) is 9.59 Å². The molecular formula is C7H9BrO4. The summed E-state index contributed by atoms with van der Waals surface area (Å²) >= 11 is 2.53. The molecule has 0 aromatic rings. The summed E-state index contributed by atoms with van der Waals surface area (Å²) in [7, 11) is 2.04. The number of rotatable bonds is 3. The fourth-order valence-electron chi connectivity index (χ4n) is 0.368.